The molecule has 0 spiro atoms. The highest BCUT2D eigenvalue weighted by atomic mass is 127. The van der Waals surface area contributed by atoms with E-state index in [-0.39, 0.29) is 24.0 Å². The van der Waals surface area contributed by atoms with Gasteiger partial charge in [0.25, 0.3) is 0 Å². The van der Waals surface area contributed by atoms with Gasteiger partial charge in [0.2, 0.25) is 0 Å². The highest BCUT2D eigenvalue weighted by Gasteiger charge is 2.11. The Labute approximate surface area is 162 Å². The van der Waals surface area contributed by atoms with Crippen molar-refractivity contribution >= 4 is 41.3 Å². The molecule has 2 N–H and O–H groups in total. The number of aryl methyl sites for hydroxylation is 1. The Morgan fingerprint density at radius 2 is 2.09 bits per heavy atom. The lowest BCUT2D eigenvalue weighted by molar-refractivity contribution is 0.334. The van der Waals surface area contributed by atoms with Gasteiger partial charge in [-0.05, 0) is 64.9 Å². The summed E-state index contributed by atoms with van der Waals surface area (Å²) in [5.41, 5.74) is 0. The number of halogens is 1. The summed E-state index contributed by atoms with van der Waals surface area (Å²) in [4.78, 5) is 9.70. The zero-order valence-electron chi connectivity index (χ0n) is 14.6. The second-order valence-electron chi connectivity index (χ2n) is 6.16. The van der Waals surface area contributed by atoms with Gasteiger partial charge in [-0.15, -0.1) is 35.3 Å². The van der Waals surface area contributed by atoms with Crippen LogP contribution >= 0.6 is 35.3 Å². The molecule has 1 saturated heterocycles. The first-order valence-electron chi connectivity index (χ1n) is 8.42. The Morgan fingerprint density at radius 3 is 2.70 bits per heavy atom. The van der Waals surface area contributed by atoms with Crippen LogP contribution in [-0.4, -0.2) is 50.1 Å². The molecule has 4 nitrogen and oxygen atoms in total. The summed E-state index contributed by atoms with van der Waals surface area (Å²) in [7, 11) is 1.85. The summed E-state index contributed by atoms with van der Waals surface area (Å²) < 4.78 is 0. The van der Waals surface area contributed by atoms with Crippen molar-refractivity contribution in [2.75, 3.05) is 33.2 Å². The molecule has 1 aromatic heterocycles. The van der Waals surface area contributed by atoms with Crippen LogP contribution < -0.4 is 10.6 Å². The Hall–Kier alpha value is -0.340. The van der Waals surface area contributed by atoms with Gasteiger partial charge in [0.05, 0.1) is 0 Å². The summed E-state index contributed by atoms with van der Waals surface area (Å²) in [6.45, 7) is 9.13. The molecule has 1 fully saturated rings. The molecule has 1 unspecified atom stereocenters. The molecule has 1 atom stereocenters. The van der Waals surface area contributed by atoms with Crippen LogP contribution in [0.5, 0.6) is 0 Å². The van der Waals surface area contributed by atoms with Gasteiger partial charge in [-0.1, -0.05) is 0 Å². The predicted molar refractivity (Wildman–Crippen MR) is 112 cm³/mol. The quantitative estimate of drug-likeness (QED) is 0.290. The fourth-order valence-corrected chi connectivity index (χ4v) is 3.91. The number of aliphatic imine (C=N–C) groups is 1. The minimum absolute atomic E-state index is 0. The molecule has 23 heavy (non-hydrogen) atoms. The minimum atomic E-state index is 0. The molecule has 0 aliphatic carbocycles. The fourth-order valence-electron chi connectivity index (χ4n) is 2.89. The predicted octanol–water partition coefficient (Wildman–Crippen LogP) is 3.26. The largest absolute Gasteiger partial charge is 0.356 e. The van der Waals surface area contributed by atoms with Gasteiger partial charge >= 0.3 is 0 Å². The summed E-state index contributed by atoms with van der Waals surface area (Å²) in [6.07, 6.45) is 4.97. The number of likely N-dealkylation sites (tertiary alicyclic amines) is 1. The summed E-state index contributed by atoms with van der Waals surface area (Å²) in [5, 5.41) is 6.92. The third kappa shape index (κ3) is 7.85. The molecular formula is C17H31IN4S. The standard InChI is InChI=1S/C17H30N4S.HI/c1-14(13-16-8-7-15(2)22-16)20-17(18-3)19-9-6-12-21-10-4-5-11-21;/h7-8,14H,4-6,9-13H2,1-3H3,(H2,18,19,20);1H. The molecule has 0 aromatic carbocycles. The van der Waals surface area contributed by atoms with Crippen molar-refractivity contribution in [2.45, 2.75) is 45.6 Å². The normalized spacial score (nSPS) is 16.9. The molecule has 1 aromatic rings. The topological polar surface area (TPSA) is 39.7 Å². The van der Waals surface area contributed by atoms with Gasteiger partial charge in [0, 0.05) is 35.8 Å². The molecule has 2 rings (SSSR count). The molecule has 1 aliphatic rings. The first-order valence-corrected chi connectivity index (χ1v) is 9.24. The summed E-state index contributed by atoms with van der Waals surface area (Å²) >= 11 is 1.88. The first kappa shape index (κ1) is 20.7. The minimum Gasteiger partial charge on any atom is -0.356 e. The average molecular weight is 450 g/mol. The molecular weight excluding hydrogens is 419 g/mol. The second-order valence-corrected chi connectivity index (χ2v) is 7.54. The molecule has 6 heteroatoms. The van der Waals surface area contributed by atoms with Crippen molar-refractivity contribution in [3.05, 3.63) is 21.9 Å². The van der Waals surface area contributed by atoms with Crippen LogP contribution in [0, 0.1) is 6.92 Å². The third-order valence-electron chi connectivity index (χ3n) is 4.05. The highest BCUT2D eigenvalue weighted by molar-refractivity contribution is 14.0. The first-order chi connectivity index (χ1) is 10.7. The van der Waals surface area contributed by atoms with E-state index in [1.807, 2.05) is 18.4 Å². The Kier molecular flexibility index (Phi) is 10.1. The maximum absolute atomic E-state index is 4.33. The van der Waals surface area contributed by atoms with Crippen LogP contribution in [0.3, 0.4) is 0 Å². The van der Waals surface area contributed by atoms with Crippen molar-refractivity contribution in [3.63, 3.8) is 0 Å². The van der Waals surface area contributed by atoms with E-state index in [1.165, 1.54) is 48.7 Å². The van der Waals surface area contributed by atoms with Gasteiger partial charge in [-0.3, -0.25) is 4.99 Å². The SMILES string of the molecule is CN=C(NCCCN1CCCC1)NC(C)Cc1ccc(C)s1.I. The van der Waals surface area contributed by atoms with Crippen molar-refractivity contribution in [1.82, 2.24) is 15.5 Å². The Bertz CT molecular complexity index is 469. The van der Waals surface area contributed by atoms with E-state index in [9.17, 15) is 0 Å². The number of nitrogens with zero attached hydrogens (tertiary/aromatic N) is 2. The second kappa shape index (κ2) is 11.3. The molecule has 0 radical (unpaired) electrons. The number of rotatable bonds is 7. The van der Waals surface area contributed by atoms with E-state index in [2.05, 4.69) is 46.5 Å². The average Bonchev–Trinajstić information content (AvgIpc) is 3.14. The van der Waals surface area contributed by atoms with Gasteiger partial charge in [0.1, 0.15) is 0 Å². The Morgan fingerprint density at radius 1 is 1.35 bits per heavy atom. The molecule has 0 amide bonds. The van der Waals surface area contributed by atoms with E-state index >= 15 is 0 Å². The van der Waals surface area contributed by atoms with Crippen LogP contribution in [0.4, 0.5) is 0 Å². The number of nitrogens with one attached hydrogen (secondary N) is 2. The highest BCUT2D eigenvalue weighted by Crippen LogP contribution is 2.16. The van der Waals surface area contributed by atoms with Crippen LogP contribution in [0.15, 0.2) is 17.1 Å². The lowest BCUT2D eigenvalue weighted by Crippen LogP contribution is -2.43. The summed E-state index contributed by atoms with van der Waals surface area (Å²) in [6, 6.07) is 4.81. The number of hydrogen-bond donors (Lipinski definition) is 2. The van der Waals surface area contributed by atoms with E-state index < -0.39 is 0 Å². The van der Waals surface area contributed by atoms with Gasteiger partial charge in [0.15, 0.2) is 5.96 Å². The lowest BCUT2D eigenvalue weighted by Gasteiger charge is -2.18. The van der Waals surface area contributed by atoms with Crippen molar-refractivity contribution in [3.8, 4) is 0 Å². The van der Waals surface area contributed by atoms with Crippen LogP contribution in [0.2, 0.25) is 0 Å². The number of thiophene rings is 1. The zero-order valence-corrected chi connectivity index (χ0v) is 17.7. The third-order valence-corrected chi connectivity index (χ3v) is 5.08. The van der Waals surface area contributed by atoms with Crippen LogP contribution in [-0.2, 0) is 6.42 Å². The maximum Gasteiger partial charge on any atom is 0.191 e. The monoisotopic (exact) mass is 450 g/mol. The van der Waals surface area contributed by atoms with Crippen molar-refractivity contribution < 1.29 is 0 Å². The smallest absolute Gasteiger partial charge is 0.191 e. The maximum atomic E-state index is 4.33. The van der Waals surface area contributed by atoms with Gasteiger partial charge in [-0.2, -0.15) is 0 Å². The van der Waals surface area contributed by atoms with Crippen molar-refractivity contribution in [1.29, 1.82) is 0 Å². The van der Waals surface area contributed by atoms with Crippen LogP contribution in [0.1, 0.15) is 35.9 Å². The van der Waals surface area contributed by atoms with E-state index in [1.54, 1.807) is 0 Å². The number of guanidine groups is 1. The van der Waals surface area contributed by atoms with E-state index in [0.717, 1.165) is 18.9 Å². The number of hydrogen-bond acceptors (Lipinski definition) is 3. The molecule has 0 saturated carbocycles. The molecule has 2 heterocycles. The molecule has 132 valence electrons. The Balaban J connectivity index is 0.00000264. The van der Waals surface area contributed by atoms with Crippen molar-refractivity contribution in [2.24, 2.45) is 4.99 Å². The zero-order chi connectivity index (χ0) is 15.8. The fraction of sp³-hybridized carbons (Fsp3) is 0.706. The summed E-state index contributed by atoms with van der Waals surface area (Å²) in [5.74, 6) is 0.919. The molecule has 1 aliphatic heterocycles. The van der Waals surface area contributed by atoms with Gasteiger partial charge < -0.3 is 15.5 Å². The molecule has 0 bridgehead atoms. The van der Waals surface area contributed by atoms with Gasteiger partial charge in [-0.25, -0.2) is 0 Å². The van der Waals surface area contributed by atoms with Crippen LogP contribution in [0.25, 0.3) is 0 Å². The lowest BCUT2D eigenvalue weighted by atomic mass is 10.2. The van der Waals surface area contributed by atoms with E-state index in [4.69, 9.17) is 0 Å². The van der Waals surface area contributed by atoms with E-state index in [0.29, 0.717) is 6.04 Å².